The third-order valence-corrected chi connectivity index (χ3v) is 15.5. The monoisotopic (exact) mass is 401 g/mol. The molecule has 2 aromatic carbocycles. The summed E-state index contributed by atoms with van der Waals surface area (Å²) in [5, 5.41) is 2.90. The van der Waals surface area contributed by atoms with Gasteiger partial charge in [0.25, 0.3) is 0 Å². The molecule has 0 fully saturated rings. The van der Waals surface area contributed by atoms with Crippen molar-refractivity contribution < 1.29 is 0 Å². The molecule has 0 amide bonds. The molecule has 0 bridgehead atoms. The lowest BCUT2D eigenvalue weighted by Gasteiger charge is -2.32. The van der Waals surface area contributed by atoms with Gasteiger partial charge in [-0.1, -0.05) is 60.7 Å². The van der Waals surface area contributed by atoms with Crippen molar-refractivity contribution in [2.24, 2.45) is 4.76 Å². The first kappa shape index (κ1) is 22.1. The van der Waals surface area contributed by atoms with Crippen molar-refractivity contribution in [2.75, 3.05) is 12.3 Å². The molecule has 0 radical (unpaired) electrons. The highest BCUT2D eigenvalue weighted by atomic mass is 32.1. The van der Waals surface area contributed by atoms with Crippen molar-refractivity contribution in [3.63, 3.8) is 0 Å². The first-order chi connectivity index (χ1) is 12.9. The Bertz CT molecular complexity index is 647. The zero-order valence-electron chi connectivity index (χ0n) is 17.7. The Hall–Kier alpha value is -1.23. The van der Waals surface area contributed by atoms with Gasteiger partial charge >= 0.3 is 0 Å². The van der Waals surface area contributed by atoms with Crippen molar-refractivity contribution in [3.8, 4) is 0 Å². The van der Waals surface area contributed by atoms with Gasteiger partial charge in [0.15, 0.2) is 7.10 Å². The summed E-state index contributed by atoms with van der Waals surface area (Å²) in [6.07, 6.45) is 4.45. The van der Waals surface area contributed by atoms with Crippen molar-refractivity contribution in [2.45, 2.75) is 53.6 Å². The van der Waals surface area contributed by atoms with Gasteiger partial charge in [-0.3, -0.25) is 0 Å². The van der Waals surface area contributed by atoms with Crippen LogP contribution in [0.1, 0.15) is 41.5 Å². The molecule has 27 heavy (non-hydrogen) atoms. The topological polar surface area (TPSA) is 15.6 Å². The van der Waals surface area contributed by atoms with Crippen LogP contribution in [0, 0.1) is 0 Å². The highest BCUT2D eigenvalue weighted by Gasteiger charge is 2.46. The van der Waals surface area contributed by atoms with Gasteiger partial charge in [-0.05, 0) is 41.5 Å². The van der Waals surface area contributed by atoms with Crippen LogP contribution in [-0.2, 0) is 0 Å². The van der Waals surface area contributed by atoms with E-state index in [0.29, 0.717) is 12.1 Å². The minimum Gasteiger partial charge on any atom is -0.355 e. The summed E-state index contributed by atoms with van der Waals surface area (Å²) in [6, 6.07) is 23.1. The summed E-state index contributed by atoms with van der Waals surface area (Å²) >= 11 is 0. The average Bonchev–Trinajstić information content (AvgIpc) is 2.68. The second-order valence-corrected chi connectivity index (χ2v) is 15.7. The minimum atomic E-state index is -1.55. The Labute approximate surface area is 168 Å². The summed E-state index contributed by atoms with van der Waals surface area (Å²) in [4.78, 5) is 2.39. The molecule has 2 nitrogen and oxygen atoms in total. The van der Waals surface area contributed by atoms with Crippen LogP contribution in [0.15, 0.2) is 65.4 Å². The molecule has 4 heteroatoms. The molecule has 146 valence electrons. The molecule has 0 aliphatic carbocycles. The number of hydrogen-bond acceptors (Lipinski definition) is 1. The Morgan fingerprint density at radius 3 is 1.56 bits per heavy atom. The van der Waals surface area contributed by atoms with Crippen molar-refractivity contribution in [3.05, 3.63) is 60.7 Å². The van der Waals surface area contributed by atoms with Gasteiger partial charge in [-0.15, -0.1) is 4.76 Å². The highest BCUT2D eigenvalue weighted by molar-refractivity contribution is 8.43. The van der Waals surface area contributed by atoms with Crippen LogP contribution in [0.2, 0.25) is 0 Å². The van der Waals surface area contributed by atoms with E-state index in [9.17, 15) is 0 Å². The second-order valence-electron chi connectivity index (χ2n) is 7.36. The van der Waals surface area contributed by atoms with E-state index >= 15 is 0 Å². The molecule has 0 saturated carbocycles. The second kappa shape index (κ2) is 10.4. The predicted octanol–water partition coefficient (Wildman–Crippen LogP) is 6.15. The Morgan fingerprint density at radius 2 is 1.22 bits per heavy atom. The summed E-state index contributed by atoms with van der Waals surface area (Å²) < 4.78 is 5.43. The van der Waals surface area contributed by atoms with E-state index in [-0.39, 0.29) is 0 Å². The van der Waals surface area contributed by atoms with E-state index in [0.717, 1.165) is 12.3 Å². The Morgan fingerprint density at radius 1 is 0.815 bits per heavy atom. The van der Waals surface area contributed by atoms with E-state index in [1.165, 1.54) is 10.6 Å². The zero-order chi connectivity index (χ0) is 19.9. The summed E-state index contributed by atoms with van der Waals surface area (Å²) in [7, 11) is -2.03. The van der Waals surface area contributed by atoms with Gasteiger partial charge in [0.05, 0.1) is 12.3 Å². The molecule has 0 saturated heterocycles. The van der Waals surface area contributed by atoms with Gasteiger partial charge in [0, 0.05) is 22.7 Å². The van der Waals surface area contributed by atoms with Gasteiger partial charge in [0.1, 0.15) is 13.9 Å². The molecule has 0 aromatic heterocycles. The van der Waals surface area contributed by atoms with Crippen LogP contribution in [0.25, 0.3) is 0 Å². The SMILES string of the molecule is CC[P+](CC)(/N=C/N(C(C)C)C(C)C)P(c1ccccc1)c1ccccc1. The predicted molar refractivity (Wildman–Crippen MR) is 128 cm³/mol. The molecule has 0 aliphatic heterocycles. The Kier molecular flexibility index (Phi) is 8.46. The van der Waals surface area contributed by atoms with Gasteiger partial charge in [0.2, 0.25) is 0 Å². The molecular formula is C23H35N2P2+. The summed E-state index contributed by atoms with van der Waals surface area (Å²) in [6.45, 7) is 13.7. The number of benzene rings is 2. The number of rotatable bonds is 9. The first-order valence-electron chi connectivity index (χ1n) is 10.1. The van der Waals surface area contributed by atoms with E-state index in [1.807, 2.05) is 0 Å². The number of nitrogens with zero attached hydrogens (tertiary/aromatic N) is 2. The lowest BCUT2D eigenvalue weighted by atomic mass is 10.2. The van der Waals surface area contributed by atoms with Crippen LogP contribution < -0.4 is 10.6 Å². The fourth-order valence-corrected chi connectivity index (χ4v) is 12.8. The van der Waals surface area contributed by atoms with Crippen molar-refractivity contribution >= 4 is 31.7 Å². The zero-order valence-corrected chi connectivity index (χ0v) is 19.5. The van der Waals surface area contributed by atoms with Gasteiger partial charge in [-0.25, -0.2) is 0 Å². The van der Waals surface area contributed by atoms with Crippen molar-refractivity contribution in [1.82, 2.24) is 4.90 Å². The lowest BCUT2D eigenvalue weighted by molar-refractivity contribution is 0.302. The van der Waals surface area contributed by atoms with Gasteiger partial charge in [-0.2, -0.15) is 0 Å². The standard InChI is InChI=1S/C23H35N2P2/c1-7-27(8-2,24-19-25(20(3)4)21(5)6)26(22-15-11-9-12-16-22)23-17-13-10-14-18-23/h9-21H,7-8H2,1-6H3/q+1/b24-19+. The molecule has 0 spiro atoms. The molecule has 0 heterocycles. The normalized spacial score (nSPS) is 12.5. The molecular weight excluding hydrogens is 366 g/mol. The fourth-order valence-electron chi connectivity index (χ4n) is 3.46. The van der Waals surface area contributed by atoms with Crippen LogP contribution in [0.4, 0.5) is 0 Å². The summed E-state index contributed by atoms with van der Waals surface area (Å²) in [5.41, 5.74) is 0. The maximum Gasteiger partial charge on any atom is 0.161 e. The van der Waals surface area contributed by atoms with E-state index in [1.54, 1.807) is 0 Å². The largest absolute Gasteiger partial charge is 0.355 e. The molecule has 0 N–H and O–H groups in total. The van der Waals surface area contributed by atoms with Gasteiger partial charge < -0.3 is 4.90 Å². The van der Waals surface area contributed by atoms with Crippen LogP contribution >= 0.6 is 14.7 Å². The third-order valence-electron chi connectivity index (χ3n) is 4.98. The quantitative estimate of drug-likeness (QED) is 0.279. The molecule has 2 rings (SSSR count). The minimum absolute atomic E-state index is 0.462. The molecule has 2 aromatic rings. The average molecular weight is 401 g/mol. The smallest absolute Gasteiger partial charge is 0.161 e. The Balaban J connectivity index is 2.56. The number of hydrogen-bond donors (Lipinski definition) is 0. The molecule has 0 unspecified atom stereocenters. The van der Waals surface area contributed by atoms with Crippen LogP contribution in [-0.4, -0.2) is 35.6 Å². The maximum atomic E-state index is 5.43. The fraction of sp³-hybridized carbons (Fsp3) is 0.435. The van der Waals surface area contributed by atoms with E-state index < -0.39 is 14.7 Å². The third kappa shape index (κ3) is 5.40. The summed E-state index contributed by atoms with van der Waals surface area (Å²) in [5.74, 6) is 0. The lowest BCUT2D eigenvalue weighted by Crippen LogP contribution is -2.35. The van der Waals surface area contributed by atoms with Crippen LogP contribution in [0.5, 0.6) is 0 Å². The maximum absolute atomic E-state index is 5.43. The van der Waals surface area contributed by atoms with E-state index in [4.69, 9.17) is 4.76 Å². The highest BCUT2D eigenvalue weighted by Crippen LogP contribution is 2.83. The molecule has 0 aliphatic rings. The first-order valence-corrected chi connectivity index (χ1v) is 14.2. The van der Waals surface area contributed by atoms with E-state index in [2.05, 4.69) is 113 Å². The van der Waals surface area contributed by atoms with Crippen LogP contribution in [0.3, 0.4) is 0 Å². The molecule has 0 atom stereocenters. The van der Waals surface area contributed by atoms with Crippen molar-refractivity contribution in [1.29, 1.82) is 0 Å².